The van der Waals surface area contributed by atoms with Crippen LogP contribution in [0.5, 0.6) is 5.75 Å². The van der Waals surface area contributed by atoms with Crippen molar-refractivity contribution in [2.75, 3.05) is 20.2 Å². The van der Waals surface area contributed by atoms with Crippen LogP contribution in [0.3, 0.4) is 0 Å². The first kappa shape index (κ1) is 17.7. The number of carbonyl (C=O) groups is 1. The number of methoxy groups -OCH3 is 1. The number of rotatable bonds is 4. The molecule has 1 heterocycles. The summed E-state index contributed by atoms with van der Waals surface area (Å²) in [7, 11) is 1.75. The number of carbonyl (C=O) groups excluding carboxylic acids is 1. The van der Waals surface area contributed by atoms with Crippen LogP contribution in [0.25, 0.3) is 0 Å². The zero-order chi connectivity index (χ0) is 18.6. The normalized spacial score (nSPS) is 35.9. The van der Waals surface area contributed by atoms with Crippen molar-refractivity contribution in [1.82, 2.24) is 4.90 Å². The monoisotopic (exact) mass is 367 g/mol. The van der Waals surface area contributed by atoms with Crippen LogP contribution < -0.4 is 4.74 Å². The Kier molecular flexibility index (Phi) is 4.34. The maximum absolute atomic E-state index is 12.8. The molecule has 3 heteroatoms. The molecule has 2 saturated carbocycles. The van der Waals surface area contributed by atoms with Crippen LogP contribution in [0.4, 0.5) is 0 Å². The molecule has 3 fully saturated rings. The van der Waals surface area contributed by atoms with E-state index in [0.29, 0.717) is 23.7 Å². The fourth-order valence-corrected chi connectivity index (χ4v) is 6.93. The lowest BCUT2D eigenvalue weighted by Gasteiger charge is -2.61. The number of benzene rings is 1. The molecule has 5 rings (SSSR count). The van der Waals surface area contributed by atoms with Gasteiger partial charge in [-0.15, -0.1) is 0 Å². The lowest BCUT2D eigenvalue weighted by molar-refractivity contribution is -0.132. The van der Waals surface area contributed by atoms with Crippen LogP contribution in [-0.2, 0) is 16.6 Å². The van der Waals surface area contributed by atoms with E-state index in [1.807, 2.05) is 0 Å². The molecule has 3 nitrogen and oxygen atoms in total. The van der Waals surface area contributed by atoms with Crippen molar-refractivity contribution in [3.63, 3.8) is 0 Å². The minimum atomic E-state index is 0.0545. The van der Waals surface area contributed by atoms with Crippen molar-refractivity contribution in [2.24, 2.45) is 17.8 Å². The van der Waals surface area contributed by atoms with E-state index in [-0.39, 0.29) is 5.41 Å². The zero-order valence-electron chi connectivity index (χ0n) is 16.9. The summed E-state index contributed by atoms with van der Waals surface area (Å²) in [5.74, 6) is 3.52. The van der Waals surface area contributed by atoms with Gasteiger partial charge in [0.2, 0.25) is 0 Å². The molecule has 4 aliphatic rings. The van der Waals surface area contributed by atoms with Gasteiger partial charge in [0.15, 0.2) is 0 Å². The number of nitrogens with zero attached hydrogens (tertiary/aromatic N) is 1. The molecule has 0 N–H and O–H groups in total. The van der Waals surface area contributed by atoms with Crippen molar-refractivity contribution < 1.29 is 9.53 Å². The molecule has 0 radical (unpaired) electrons. The topological polar surface area (TPSA) is 29.5 Å². The first-order valence-electron chi connectivity index (χ1n) is 11.1. The molecule has 1 aromatic carbocycles. The molecular formula is C24H33NO2. The third-order valence-electron chi connectivity index (χ3n) is 8.40. The number of hydrogen-bond donors (Lipinski definition) is 0. The molecule has 0 amide bonds. The summed E-state index contributed by atoms with van der Waals surface area (Å²) in [5, 5.41) is 0. The van der Waals surface area contributed by atoms with Crippen molar-refractivity contribution in [3.05, 3.63) is 29.3 Å². The highest BCUT2D eigenvalue weighted by Gasteiger charge is 2.58. The highest BCUT2D eigenvalue weighted by molar-refractivity contribution is 5.82. The third-order valence-corrected chi connectivity index (χ3v) is 8.40. The van der Waals surface area contributed by atoms with Crippen LogP contribution in [-0.4, -0.2) is 36.9 Å². The van der Waals surface area contributed by atoms with Gasteiger partial charge in [0.05, 0.1) is 7.11 Å². The Morgan fingerprint density at radius 3 is 2.81 bits per heavy atom. The summed E-state index contributed by atoms with van der Waals surface area (Å²) in [6.45, 7) is 4.75. The van der Waals surface area contributed by atoms with Gasteiger partial charge in [0.25, 0.3) is 0 Å². The van der Waals surface area contributed by atoms with Gasteiger partial charge in [-0.1, -0.05) is 25.8 Å². The average molecular weight is 368 g/mol. The van der Waals surface area contributed by atoms with Crippen LogP contribution in [0.15, 0.2) is 18.2 Å². The first-order valence-corrected chi connectivity index (χ1v) is 11.1. The highest BCUT2D eigenvalue weighted by atomic mass is 16.5. The quantitative estimate of drug-likeness (QED) is 0.791. The molecule has 1 aromatic rings. The second-order valence-corrected chi connectivity index (χ2v) is 9.61. The number of Topliss-reactive ketones (excluding diaryl/α,β-unsaturated/α-hetero) is 1. The SMILES string of the molecule is CC[C@@H]1CC(=O)CC23CCN(CC4CCC4)C(Cc4ccc(OC)cc42)[C@@H]13. The van der Waals surface area contributed by atoms with E-state index in [1.54, 1.807) is 7.11 Å². The first-order chi connectivity index (χ1) is 13.1. The van der Waals surface area contributed by atoms with Crippen molar-refractivity contribution >= 4 is 5.78 Å². The third kappa shape index (κ3) is 2.68. The second kappa shape index (κ2) is 6.62. The average Bonchev–Trinajstić information content (AvgIpc) is 2.64. The van der Waals surface area contributed by atoms with Crippen LogP contribution in [0, 0.1) is 17.8 Å². The molecule has 2 unspecified atom stereocenters. The molecule has 27 heavy (non-hydrogen) atoms. The van der Waals surface area contributed by atoms with Gasteiger partial charge in [0.1, 0.15) is 11.5 Å². The van der Waals surface area contributed by atoms with Crippen molar-refractivity contribution in [1.29, 1.82) is 0 Å². The van der Waals surface area contributed by atoms with Gasteiger partial charge < -0.3 is 4.74 Å². The van der Waals surface area contributed by atoms with Gasteiger partial charge in [-0.3, -0.25) is 9.69 Å². The summed E-state index contributed by atoms with van der Waals surface area (Å²) in [4.78, 5) is 15.6. The highest BCUT2D eigenvalue weighted by Crippen LogP contribution is 2.58. The summed E-state index contributed by atoms with van der Waals surface area (Å²) in [6, 6.07) is 7.29. The van der Waals surface area contributed by atoms with Gasteiger partial charge in [-0.25, -0.2) is 0 Å². The van der Waals surface area contributed by atoms with Crippen LogP contribution in [0.2, 0.25) is 0 Å². The number of fused-ring (bicyclic) bond motifs is 1. The van der Waals surface area contributed by atoms with Crippen molar-refractivity contribution in [2.45, 2.75) is 69.7 Å². The zero-order valence-corrected chi connectivity index (χ0v) is 16.9. The summed E-state index contributed by atoms with van der Waals surface area (Å²) in [6.07, 6.45) is 9.24. The maximum atomic E-state index is 12.8. The van der Waals surface area contributed by atoms with E-state index in [1.165, 1.54) is 36.9 Å². The van der Waals surface area contributed by atoms with E-state index in [2.05, 4.69) is 30.0 Å². The summed E-state index contributed by atoms with van der Waals surface area (Å²) in [5.41, 5.74) is 2.97. The summed E-state index contributed by atoms with van der Waals surface area (Å²) >= 11 is 0. The second-order valence-electron chi connectivity index (χ2n) is 9.61. The Hall–Kier alpha value is -1.35. The molecule has 2 bridgehead atoms. The molecule has 3 aliphatic carbocycles. The number of ether oxygens (including phenoxy) is 1. The minimum Gasteiger partial charge on any atom is -0.497 e. The number of hydrogen-bond acceptors (Lipinski definition) is 3. The predicted molar refractivity (Wildman–Crippen MR) is 107 cm³/mol. The molecular weight excluding hydrogens is 334 g/mol. The van der Waals surface area contributed by atoms with E-state index in [0.717, 1.165) is 50.3 Å². The standard InChI is InChI=1S/C24H33NO2/c1-3-17-11-19(26)14-24-9-10-25(15-16-5-4-6-16)22(23(17)24)12-18-7-8-20(27-2)13-21(18)24/h7-8,13,16-17,22-23H,3-6,9-12,14-15H2,1-2H3/t17-,22?,23-,24?/m1/s1. The maximum Gasteiger partial charge on any atom is 0.134 e. The minimum absolute atomic E-state index is 0.0545. The molecule has 1 saturated heterocycles. The molecule has 0 spiro atoms. The largest absolute Gasteiger partial charge is 0.497 e. The Morgan fingerprint density at radius 2 is 2.11 bits per heavy atom. The Balaban J connectivity index is 1.59. The lowest BCUT2D eigenvalue weighted by atomic mass is 9.49. The van der Waals surface area contributed by atoms with Gasteiger partial charge >= 0.3 is 0 Å². The molecule has 4 atom stereocenters. The lowest BCUT2D eigenvalue weighted by Crippen LogP contribution is -2.64. The fourth-order valence-electron chi connectivity index (χ4n) is 6.93. The van der Waals surface area contributed by atoms with Gasteiger partial charge in [-0.05, 0) is 73.2 Å². The van der Waals surface area contributed by atoms with E-state index >= 15 is 0 Å². The predicted octanol–water partition coefficient (Wildman–Crippen LogP) is 4.37. The summed E-state index contributed by atoms with van der Waals surface area (Å²) < 4.78 is 5.57. The van der Waals surface area contributed by atoms with E-state index < -0.39 is 0 Å². The molecule has 0 aromatic heterocycles. The van der Waals surface area contributed by atoms with Crippen molar-refractivity contribution in [3.8, 4) is 5.75 Å². The Morgan fingerprint density at radius 1 is 1.26 bits per heavy atom. The van der Waals surface area contributed by atoms with E-state index in [4.69, 9.17) is 4.74 Å². The smallest absolute Gasteiger partial charge is 0.134 e. The Labute approximate surface area is 163 Å². The van der Waals surface area contributed by atoms with E-state index in [9.17, 15) is 4.79 Å². The number of likely N-dealkylation sites (tertiary alicyclic amines) is 1. The molecule has 1 aliphatic heterocycles. The Bertz CT molecular complexity index is 740. The van der Waals surface area contributed by atoms with Gasteiger partial charge in [0, 0.05) is 30.8 Å². The molecule has 146 valence electrons. The number of ketones is 1. The fraction of sp³-hybridized carbons (Fsp3) is 0.708. The van der Waals surface area contributed by atoms with Crippen LogP contribution in [0.1, 0.15) is 63.0 Å². The number of piperidine rings is 1. The van der Waals surface area contributed by atoms with Gasteiger partial charge in [-0.2, -0.15) is 0 Å². The van der Waals surface area contributed by atoms with Crippen LogP contribution >= 0.6 is 0 Å².